The molecule has 0 atom stereocenters. The lowest BCUT2D eigenvalue weighted by atomic mass is 9.96. The highest BCUT2D eigenvalue weighted by atomic mass is 16.2. The minimum Gasteiger partial charge on any atom is -0.305 e. The maximum Gasteiger partial charge on any atom is 0.261 e. The minimum atomic E-state index is -0.407. The van der Waals surface area contributed by atoms with Crippen LogP contribution in [0.4, 0.5) is 0 Å². The van der Waals surface area contributed by atoms with Crippen LogP contribution in [0.2, 0.25) is 0 Å². The molecule has 0 saturated heterocycles. The number of nitrogens with one attached hydrogen (secondary N) is 1. The normalized spacial score (nSPS) is 13.3. The van der Waals surface area contributed by atoms with E-state index in [0.29, 0.717) is 22.5 Å². The first-order valence-electron chi connectivity index (χ1n) is 7.67. The molecule has 5 rings (SSSR count). The quantitative estimate of drug-likeness (QED) is 0.571. The summed E-state index contributed by atoms with van der Waals surface area (Å²) in [5, 5.41) is 4.13. The van der Waals surface area contributed by atoms with E-state index in [4.69, 9.17) is 0 Å². The second kappa shape index (κ2) is 4.88. The SMILES string of the molecule is O=C1NC(=O)c2c1c(-n1ccnc1)c1ccccc1c2-n1ccnc1. The summed E-state index contributed by atoms with van der Waals surface area (Å²) in [4.78, 5) is 33.3. The Morgan fingerprint density at radius 3 is 1.64 bits per heavy atom. The average molecular weight is 329 g/mol. The van der Waals surface area contributed by atoms with E-state index in [1.54, 1.807) is 46.6 Å². The van der Waals surface area contributed by atoms with E-state index in [1.807, 2.05) is 24.3 Å². The summed E-state index contributed by atoms with van der Waals surface area (Å²) < 4.78 is 3.52. The first-order chi connectivity index (χ1) is 12.3. The first kappa shape index (κ1) is 13.7. The van der Waals surface area contributed by atoms with Gasteiger partial charge in [0.15, 0.2) is 0 Å². The average Bonchev–Trinajstić information content (AvgIpc) is 3.36. The van der Waals surface area contributed by atoms with E-state index in [1.165, 1.54) is 0 Å². The van der Waals surface area contributed by atoms with Crippen LogP contribution in [0.1, 0.15) is 20.7 Å². The molecule has 2 aromatic carbocycles. The van der Waals surface area contributed by atoms with Gasteiger partial charge in [0.1, 0.15) is 0 Å². The molecule has 0 aliphatic carbocycles. The molecule has 1 aliphatic rings. The summed E-state index contributed by atoms with van der Waals surface area (Å²) in [6.07, 6.45) is 10.0. The van der Waals surface area contributed by atoms with Gasteiger partial charge in [0.05, 0.1) is 35.2 Å². The van der Waals surface area contributed by atoms with Gasteiger partial charge in [0.2, 0.25) is 0 Å². The largest absolute Gasteiger partial charge is 0.305 e. The van der Waals surface area contributed by atoms with E-state index in [-0.39, 0.29) is 0 Å². The van der Waals surface area contributed by atoms with Gasteiger partial charge < -0.3 is 9.13 Å². The molecule has 120 valence electrons. The number of carbonyl (C=O) groups excluding carboxylic acids is 2. The van der Waals surface area contributed by atoms with Gasteiger partial charge in [0, 0.05) is 35.6 Å². The van der Waals surface area contributed by atoms with Crippen molar-refractivity contribution >= 4 is 22.6 Å². The molecule has 0 bridgehead atoms. The molecule has 25 heavy (non-hydrogen) atoms. The van der Waals surface area contributed by atoms with Gasteiger partial charge in [-0.1, -0.05) is 24.3 Å². The van der Waals surface area contributed by atoms with Gasteiger partial charge in [-0.2, -0.15) is 0 Å². The molecular weight excluding hydrogens is 318 g/mol. The van der Waals surface area contributed by atoms with E-state index in [0.717, 1.165) is 10.8 Å². The molecule has 0 saturated carbocycles. The molecule has 7 heteroatoms. The molecule has 1 N–H and O–H groups in total. The van der Waals surface area contributed by atoms with Crippen molar-refractivity contribution in [1.29, 1.82) is 0 Å². The lowest BCUT2D eigenvalue weighted by Gasteiger charge is -2.17. The van der Waals surface area contributed by atoms with Crippen LogP contribution >= 0.6 is 0 Å². The highest BCUT2D eigenvalue weighted by molar-refractivity contribution is 6.28. The maximum atomic E-state index is 12.6. The number of hydrogen-bond donors (Lipinski definition) is 1. The smallest absolute Gasteiger partial charge is 0.261 e. The Labute approximate surface area is 141 Å². The van der Waals surface area contributed by atoms with E-state index in [9.17, 15) is 9.59 Å². The predicted octanol–water partition coefficient (Wildman–Crippen LogP) is 2.09. The third kappa shape index (κ3) is 1.80. The second-order valence-corrected chi connectivity index (χ2v) is 5.72. The van der Waals surface area contributed by atoms with Gasteiger partial charge in [-0.15, -0.1) is 0 Å². The highest BCUT2D eigenvalue weighted by Crippen LogP contribution is 2.37. The fourth-order valence-corrected chi connectivity index (χ4v) is 3.39. The van der Waals surface area contributed by atoms with E-state index >= 15 is 0 Å². The number of carbonyl (C=O) groups is 2. The number of nitrogens with zero attached hydrogens (tertiary/aromatic N) is 4. The predicted molar refractivity (Wildman–Crippen MR) is 90.0 cm³/mol. The lowest BCUT2D eigenvalue weighted by Crippen LogP contribution is -2.20. The van der Waals surface area contributed by atoms with Gasteiger partial charge in [-0.05, 0) is 0 Å². The zero-order chi connectivity index (χ0) is 17.0. The molecule has 0 unspecified atom stereocenters. The summed E-state index contributed by atoms with van der Waals surface area (Å²) in [6.45, 7) is 0. The Morgan fingerprint density at radius 2 is 1.24 bits per heavy atom. The van der Waals surface area contributed by atoms with Gasteiger partial charge >= 0.3 is 0 Å². The molecule has 0 radical (unpaired) electrons. The Balaban J connectivity index is 2.04. The Hall–Kier alpha value is -3.74. The van der Waals surface area contributed by atoms with Crippen molar-refractivity contribution in [2.75, 3.05) is 0 Å². The van der Waals surface area contributed by atoms with Crippen LogP contribution in [0.5, 0.6) is 0 Å². The number of imidazole rings is 2. The number of aromatic nitrogens is 4. The maximum absolute atomic E-state index is 12.6. The third-order valence-corrected chi connectivity index (χ3v) is 4.37. The van der Waals surface area contributed by atoms with Crippen molar-refractivity contribution in [3.05, 3.63) is 72.8 Å². The monoisotopic (exact) mass is 329 g/mol. The Bertz CT molecular complexity index is 1050. The topological polar surface area (TPSA) is 81.8 Å². The van der Waals surface area contributed by atoms with Crippen LogP contribution in [0, 0.1) is 0 Å². The molecule has 2 amide bonds. The number of benzene rings is 2. The number of imide groups is 1. The van der Waals surface area contributed by atoms with E-state index < -0.39 is 11.8 Å². The fourth-order valence-electron chi connectivity index (χ4n) is 3.39. The molecule has 3 heterocycles. The van der Waals surface area contributed by atoms with Gasteiger partial charge in [-0.25, -0.2) is 9.97 Å². The van der Waals surface area contributed by atoms with Crippen molar-refractivity contribution in [3.63, 3.8) is 0 Å². The molecule has 4 aromatic rings. The second-order valence-electron chi connectivity index (χ2n) is 5.72. The lowest BCUT2D eigenvalue weighted by molar-refractivity contribution is 0.0879. The summed E-state index contributed by atoms with van der Waals surface area (Å²) in [6, 6.07) is 7.67. The molecule has 0 fully saturated rings. The Kier molecular flexibility index (Phi) is 2.67. The van der Waals surface area contributed by atoms with Crippen LogP contribution in [0.15, 0.2) is 61.7 Å². The van der Waals surface area contributed by atoms with Crippen LogP contribution in [0.3, 0.4) is 0 Å². The van der Waals surface area contributed by atoms with Gasteiger partial charge in [-0.3, -0.25) is 14.9 Å². The number of hydrogen-bond acceptors (Lipinski definition) is 4. The summed E-state index contributed by atoms with van der Waals surface area (Å²) >= 11 is 0. The summed E-state index contributed by atoms with van der Waals surface area (Å²) in [7, 11) is 0. The minimum absolute atomic E-state index is 0.352. The zero-order valence-corrected chi connectivity index (χ0v) is 12.9. The van der Waals surface area contributed by atoms with Crippen molar-refractivity contribution in [1.82, 2.24) is 24.4 Å². The van der Waals surface area contributed by atoms with Crippen molar-refractivity contribution < 1.29 is 9.59 Å². The zero-order valence-electron chi connectivity index (χ0n) is 12.9. The molecule has 0 spiro atoms. The molecular formula is C18H11N5O2. The Morgan fingerprint density at radius 1 is 0.760 bits per heavy atom. The first-order valence-corrected chi connectivity index (χ1v) is 7.67. The number of amides is 2. The van der Waals surface area contributed by atoms with Crippen molar-refractivity contribution in [3.8, 4) is 11.4 Å². The summed E-state index contributed by atoms with van der Waals surface area (Å²) in [5.41, 5.74) is 2.00. The molecule has 2 aromatic heterocycles. The van der Waals surface area contributed by atoms with Crippen LogP contribution in [-0.2, 0) is 0 Å². The number of fused-ring (bicyclic) bond motifs is 2. The van der Waals surface area contributed by atoms with E-state index in [2.05, 4.69) is 15.3 Å². The molecule has 7 nitrogen and oxygen atoms in total. The molecule has 1 aliphatic heterocycles. The van der Waals surface area contributed by atoms with Crippen molar-refractivity contribution in [2.45, 2.75) is 0 Å². The van der Waals surface area contributed by atoms with Crippen molar-refractivity contribution in [2.24, 2.45) is 0 Å². The summed E-state index contributed by atoms with van der Waals surface area (Å²) in [5.74, 6) is -0.813. The third-order valence-electron chi connectivity index (χ3n) is 4.37. The highest BCUT2D eigenvalue weighted by Gasteiger charge is 2.35. The standard InChI is InChI=1S/C18H11N5O2/c24-17-13-14(18(25)21-17)16(23-8-6-20-10-23)12-4-2-1-3-11(12)15(13)22-7-5-19-9-22/h1-10H,(H,21,24,25). The van der Waals surface area contributed by atoms with Crippen LogP contribution in [0.25, 0.3) is 22.1 Å². The van der Waals surface area contributed by atoms with Crippen LogP contribution < -0.4 is 5.32 Å². The van der Waals surface area contributed by atoms with Gasteiger partial charge in [0.25, 0.3) is 11.8 Å². The number of rotatable bonds is 2. The fraction of sp³-hybridized carbons (Fsp3) is 0. The van der Waals surface area contributed by atoms with Crippen LogP contribution in [-0.4, -0.2) is 30.9 Å².